The number of carbonyl (C=O) groups excluding carboxylic acids is 1. The van der Waals surface area contributed by atoms with Crippen molar-refractivity contribution in [2.75, 3.05) is 32.7 Å². The molecule has 0 bridgehead atoms. The minimum atomic E-state index is -0.175. The molecule has 0 aliphatic carbocycles. The van der Waals surface area contributed by atoms with Crippen LogP contribution in [0.3, 0.4) is 0 Å². The summed E-state index contributed by atoms with van der Waals surface area (Å²) in [5.41, 5.74) is 0.131. The maximum Gasteiger partial charge on any atom is 0.141 e. The van der Waals surface area contributed by atoms with E-state index in [9.17, 15) is 4.79 Å². The van der Waals surface area contributed by atoms with Crippen LogP contribution in [0.5, 0.6) is 0 Å². The van der Waals surface area contributed by atoms with Crippen LogP contribution in [-0.4, -0.2) is 53.8 Å². The van der Waals surface area contributed by atoms with Crippen LogP contribution < -0.4 is 0 Å². The third-order valence-corrected chi connectivity index (χ3v) is 5.45. The van der Waals surface area contributed by atoms with Gasteiger partial charge >= 0.3 is 0 Å². The van der Waals surface area contributed by atoms with Crippen LogP contribution in [-0.2, 0) is 4.79 Å². The van der Waals surface area contributed by atoms with Crippen LogP contribution in [0.25, 0.3) is 0 Å². The minimum absolute atomic E-state index is 0.175. The number of hydrogen-bond acceptors (Lipinski definition) is 3. The van der Waals surface area contributed by atoms with Gasteiger partial charge in [0.1, 0.15) is 5.78 Å². The van der Waals surface area contributed by atoms with Crippen LogP contribution in [0.1, 0.15) is 60.8 Å². The van der Waals surface area contributed by atoms with Crippen molar-refractivity contribution in [1.82, 2.24) is 9.80 Å². The number of hydrogen-bond donors (Lipinski definition) is 0. The van der Waals surface area contributed by atoms with Crippen molar-refractivity contribution in [3.05, 3.63) is 0 Å². The zero-order chi connectivity index (χ0) is 16.5. The average Bonchev–Trinajstić information content (AvgIpc) is 2.86. The first kappa shape index (κ1) is 17.9. The summed E-state index contributed by atoms with van der Waals surface area (Å²) in [4.78, 5) is 17.6. The topological polar surface area (TPSA) is 23.6 Å². The molecule has 0 N–H and O–H groups in total. The second-order valence-electron chi connectivity index (χ2n) is 9.46. The van der Waals surface area contributed by atoms with E-state index in [0.29, 0.717) is 17.2 Å². The van der Waals surface area contributed by atoms with E-state index in [0.717, 1.165) is 31.8 Å². The molecule has 3 nitrogen and oxygen atoms in total. The third-order valence-electron chi connectivity index (χ3n) is 5.45. The number of Topliss-reactive ketones (excluding diaryl/α,β-unsaturated/α-hetero) is 1. The van der Waals surface area contributed by atoms with Crippen molar-refractivity contribution in [3.8, 4) is 0 Å². The molecule has 2 aliphatic rings. The Morgan fingerprint density at radius 3 is 2.00 bits per heavy atom. The summed E-state index contributed by atoms with van der Waals surface area (Å²) in [5.74, 6) is 1.58. The maximum absolute atomic E-state index is 12.4. The number of ketones is 1. The van der Waals surface area contributed by atoms with Gasteiger partial charge in [-0.05, 0) is 65.6 Å². The Bertz CT molecular complexity index is 383. The lowest BCUT2D eigenvalue weighted by molar-refractivity contribution is -0.131. The van der Waals surface area contributed by atoms with Gasteiger partial charge in [0.15, 0.2) is 0 Å². The number of piperidine rings is 1. The highest BCUT2D eigenvalue weighted by Gasteiger charge is 2.34. The fraction of sp³-hybridized carbons (Fsp3) is 0.947. The lowest BCUT2D eigenvalue weighted by Crippen LogP contribution is -2.43. The van der Waals surface area contributed by atoms with Gasteiger partial charge in [0.25, 0.3) is 0 Å². The van der Waals surface area contributed by atoms with Crippen molar-refractivity contribution in [3.63, 3.8) is 0 Å². The van der Waals surface area contributed by atoms with Gasteiger partial charge in [0.2, 0.25) is 0 Å². The van der Waals surface area contributed by atoms with Crippen molar-refractivity contribution in [2.45, 2.75) is 66.3 Å². The molecule has 0 aromatic rings. The molecule has 0 aromatic heterocycles. The fourth-order valence-corrected chi connectivity index (χ4v) is 3.95. The summed E-state index contributed by atoms with van der Waals surface area (Å²) < 4.78 is 0. The lowest BCUT2D eigenvalue weighted by Gasteiger charge is -2.36. The molecule has 22 heavy (non-hydrogen) atoms. The SMILES string of the molecule is CC(C)(C)C(=O)C1CCN(C[C@H]2CCN(C(C)(C)C)C2)CC1. The standard InChI is InChI=1S/C19H36N2O/c1-18(2,3)17(22)16-8-10-20(11-9-16)13-15-7-12-21(14-15)19(4,5)6/h15-16H,7-14H2,1-6H3/t15-/m1/s1. The first-order chi connectivity index (χ1) is 10.1. The maximum atomic E-state index is 12.4. The fourth-order valence-electron chi connectivity index (χ4n) is 3.95. The first-order valence-corrected chi connectivity index (χ1v) is 9.09. The largest absolute Gasteiger partial charge is 0.303 e. The van der Waals surface area contributed by atoms with E-state index in [2.05, 4.69) is 51.3 Å². The molecule has 0 radical (unpaired) electrons. The summed E-state index contributed by atoms with van der Waals surface area (Å²) >= 11 is 0. The predicted octanol–water partition coefficient (Wildman–Crippen LogP) is 3.43. The Hall–Kier alpha value is -0.410. The molecule has 0 aromatic carbocycles. The highest BCUT2D eigenvalue weighted by molar-refractivity contribution is 5.86. The van der Waals surface area contributed by atoms with Crippen LogP contribution in [0.2, 0.25) is 0 Å². The monoisotopic (exact) mass is 308 g/mol. The van der Waals surface area contributed by atoms with Crippen molar-refractivity contribution in [1.29, 1.82) is 0 Å². The molecule has 2 aliphatic heterocycles. The Kier molecular flexibility index (Phi) is 5.38. The molecule has 2 heterocycles. The van der Waals surface area contributed by atoms with E-state index in [1.165, 1.54) is 26.1 Å². The summed E-state index contributed by atoms with van der Waals surface area (Å²) in [6.07, 6.45) is 3.45. The van der Waals surface area contributed by atoms with Crippen LogP contribution in [0, 0.1) is 17.3 Å². The smallest absolute Gasteiger partial charge is 0.141 e. The Balaban J connectivity index is 1.76. The van der Waals surface area contributed by atoms with E-state index in [4.69, 9.17) is 0 Å². The normalized spacial score (nSPS) is 26.5. The van der Waals surface area contributed by atoms with Crippen molar-refractivity contribution in [2.24, 2.45) is 17.3 Å². The van der Waals surface area contributed by atoms with E-state index in [1.54, 1.807) is 0 Å². The van der Waals surface area contributed by atoms with Gasteiger partial charge in [-0.3, -0.25) is 9.69 Å². The molecule has 128 valence electrons. The third kappa shape index (κ3) is 4.55. The quantitative estimate of drug-likeness (QED) is 0.798. The molecule has 2 rings (SSSR count). The van der Waals surface area contributed by atoms with E-state index < -0.39 is 0 Å². The molecular formula is C19H36N2O. The molecule has 0 unspecified atom stereocenters. The van der Waals surface area contributed by atoms with Crippen LogP contribution in [0.4, 0.5) is 0 Å². The van der Waals surface area contributed by atoms with Crippen LogP contribution >= 0.6 is 0 Å². The molecule has 2 saturated heterocycles. The molecular weight excluding hydrogens is 272 g/mol. The van der Waals surface area contributed by atoms with Gasteiger partial charge in [-0.2, -0.15) is 0 Å². The van der Waals surface area contributed by atoms with Crippen molar-refractivity contribution >= 4 is 5.78 Å². The molecule has 1 atom stereocenters. The number of carbonyl (C=O) groups is 1. The van der Waals surface area contributed by atoms with Gasteiger partial charge in [-0.15, -0.1) is 0 Å². The highest BCUT2D eigenvalue weighted by atomic mass is 16.1. The Morgan fingerprint density at radius 1 is 0.955 bits per heavy atom. The molecule has 3 heteroatoms. The zero-order valence-electron chi connectivity index (χ0n) is 15.6. The first-order valence-electron chi connectivity index (χ1n) is 9.09. The Morgan fingerprint density at radius 2 is 1.55 bits per heavy atom. The lowest BCUT2D eigenvalue weighted by atomic mass is 9.79. The summed E-state index contributed by atoms with van der Waals surface area (Å²) in [7, 11) is 0. The molecule has 2 fully saturated rings. The van der Waals surface area contributed by atoms with Gasteiger partial charge in [-0.1, -0.05) is 20.8 Å². The molecule has 0 spiro atoms. The van der Waals surface area contributed by atoms with E-state index in [-0.39, 0.29) is 5.41 Å². The second kappa shape index (κ2) is 6.60. The zero-order valence-corrected chi connectivity index (χ0v) is 15.6. The average molecular weight is 309 g/mol. The Labute approximate surface area is 137 Å². The van der Waals surface area contributed by atoms with Crippen molar-refractivity contribution < 1.29 is 4.79 Å². The van der Waals surface area contributed by atoms with E-state index in [1.807, 2.05) is 0 Å². The van der Waals surface area contributed by atoms with E-state index >= 15 is 0 Å². The number of rotatable bonds is 3. The summed E-state index contributed by atoms with van der Waals surface area (Å²) in [5, 5.41) is 0. The van der Waals surface area contributed by atoms with Crippen LogP contribution in [0.15, 0.2) is 0 Å². The second-order valence-corrected chi connectivity index (χ2v) is 9.46. The number of likely N-dealkylation sites (tertiary alicyclic amines) is 2. The van der Waals surface area contributed by atoms with Gasteiger partial charge < -0.3 is 4.90 Å². The highest BCUT2D eigenvalue weighted by Crippen LogP contribution is 2.29. The van der Waals surface area contributed by atoms with Gasteiger partial charge in [0.05, 0.1) is 0 Å². The predicted molar refractivity (Wildman–Crippen MR) is 93.1 cm³/mol. The molecule has 0 amide bonds. The summed E-state index contributed by atoms with van der Waals surface area (Å²) in [6.45, 7) is 19.1. The minimum Gasteiger partial charge on any atom is -0.303 e. The number of nitrogens with zero attached hydrogens (tertiary/aromatic N) is 2. The van der Waals surface area contributed by atoms with Gasteiger partial charge in [0, 0.05) is 30.0 Å². The summed E-state index contributed by atoms with van der Waals surface area (Å²) in [6, 6.07) is 0. The molecule has 0 saturated carbocycles. The van der Waals surface area contributed by atoms with Gasteiger partial charge in [-0.25, -0.2) is 0 Å².